The molecule has 0 aliphatic rings. The predicted octanol–water partition coefficient (Wildman–Crippen LogP) is -1.49. The number of benzene rings is 2. The maximum Gasteiger partial charge on any atom is 1.00 e. The van der Waals surface area contributed by atoms with Crippen molar-refractivity contribution >= 4 is 46.9 Å². The molecule has 0 amide bonds. The summed E-state index contributed by atoms with van der Waals surface area (Å²) in [5.41, 5.74) is -3.49. The summed E-state index contributed by atoms with van der Waals surface area (Å²) < 4.78 is 37.9. The number of thioether (sulfide) groups is 1. The molecule has 0 saturated carbocycles. The molecule has 0 aliphatic heterocycles. The van der Waals surface area contributed by atoms with E-state index in [0.29, 0.717) is 16.5 Å². The van der Waals surface area contributed by atoms with E-state index in [9.17, 15) is 23.1 Å². The quantitative estimate of drug-likeness (QED) is 0.358. The van der Waals surface area contributed by atoms with Gasteiger partial charge in [0.2, 0.25) is 0 Å². The molecule has 0 aromatic heterocycles. The van der Waals surface area contributed by atoms with Crippen molar-refractivity contribution in [2.75, 3.05) is 0 Å². The van der Waals surface area contributed by atoms with Crippen molar-refractivity contribution in [3.8, 4) is 0 Å². The molecule has 0 bridgehead atoms. The SMILES string of the molecule is O=P([O-])([O-])C(F)(F)c1ccc(CSCc2ccc(Cl)cc2)cc1Br.[Na+].[Na+]. The first-order valence-electron chi connectivity index (χ1n) is 6.62. The zero-order valence-electron chi connectivity index (χ0n) is 14.0. The van der Waals surface area contributed by atoms with E-state index >= 15 is 0 Å². The summed E-state index contributed by atoms with van der Waals surface area (Å²) in [6, 6.07) is 11.1. The summed E-state index contributed by atoms with van der Waals surface area (Å²) in [5.74, 6) is 1.25. The van der Waals surface area contributed by atoms with Gasteiger partial charge in [0.05, 0.1) is 0 Å². The Morgan fingerprint density at radius 2 is 1.54 bits per heavy atom. The maximum atomic E-state index is 13.6. The molecule has 0 N–H and O–H groups in total. The monoisotopic (exact) mass is 500 g/mol. The van der Waals surface area contributed by atoms with E-state index in [1.165, 1.54) is 12.1 Å². The summed E-state index contributed by atoms with van der Waals surface area (Å²) in [7, 11) is -6.08. The molecule has 2 rings (SSSR count). The van der Waals surface area contributed by atoms with Crippen molar-refractivity contribution in [1.82, 2.24) is 0 Å². The minimum absolute atomic E-state index is 0. The fourth-order valence-corrected chi connectivity index (χ4v) is 4.30. The zero-order chi connectivity index (χ0) is 18.0. The molecule has 2 aromatic rings. The van der Waals surface area contributed by atoms with Gasteiger partial charge in [0.25, 0.3) is 5.66 Å². The van der Waals surface area contributed by atoms with Gasteiger partial charge in [-0.15, -0.1) is 0 Å². The molecule has 0 aliphatic carbocycles. The summed E-state index contributed by atoms with van der Waals surface area (Å²) >= 11 is 10.3. The fraction of sp³-hybridized carbons (Fsp3) is 0.200. The smallest absolute Gasteiger partial charge is 0.806 e. The van der Waals surface area contributed by atoms with Gasteiger partial charge >= 0.3 is 59.1 Å². The third kappa shape index (κ3) is 7.43. The minimum Gasteiger partial charge on any atom is -0.806 e. The Bertz CT molecular complexity index is 778. The fourth-order valence-electron chi connectivity index (χ4n) is 1.91. The van der Waals surface area contributed by atoms with Crippen LogP contribution in [0.25, 0.3) is 0 Å². The van der Waals surface area contributed by atoms with Crippen molar-refractivity contribution in [3.05, 3.63) is 68.7 Å². The second kappa shape index (κ2) is 11.7. The van der Waals surface area contributed by atoms with Crippen molar-refractivity contribution in [1.29, 1.82) is 0 Å². The standard InChI is InChI=1S/C15H13BrClF2O3PS.2Na/c16-14-7-11(3-6-13(14)15(18,19)23(20,21)22)9-24-8-10-1-4-12(17)5-2-10;;/h1-7H,8-9H2,(H2,20,21,22);;/q;2*+1/p-2. The van der Waals surface area contributed by atoms with E-state index in [1.807, 2.05) is 12.1 Å². The molecular weight excluding hydrogens is 491 g/mol. The third-order valence-corrected chi connectivity index (χ3v) is 6.06. The Kier molecular flexibility index (Phi) is 12.4. The molecule has 0 spiro atoms. The molecule has 0 radical (unpaired) electrons. The summed E-state index contributed by atoms with van der Waals surface area (Å²) in [4.78, 5) is 21.5. The van der Waals surface area contributed by atoms with Crippen LogP contribution in [0, 0.1) is 0 Å². The number of rotatable bonds is 6. The molecule has 0 heterocycles. The zero-order valence-corrected chi connectivity index (χ0v) is 22.1. The third-order valence-electron chi connectivity index (χ3n) is 3.15. The van der Waals surface area contributed by atoms with Crippen LogP contribution in [0.3, 0.4) is 0 Å². The Morgan fingerprint density at radius 3 is 2.04 bits per heavy atom. The summed E-state index contributed by atoms with van der Waals surface area (Å²) in [6.07, 6.45) is 0. The van der Waals surface area contributed by atoms with Crippen LogP contribution in [0.2, 0.25) is 5.02 Å². The van der Waals surface area contributed by atoms with Gasteiger partial charge in [-0.2, -0.15) is 20.5 Å². The molecule has 0 atom stereocenters. The molecule has 3 nitrogen and oxygen atoms in total. The van der Waals surface area contributed by atoms with Crippen LogP contribution in [0.4, 0.5) is 8.78 Å². The van der Waals surface area contributed by atoms with Gasteiger partial charge in [-0.05, 0) is 29.3 Å². The molecule has 130 valence electrons. The number of hydrogen-bond donors (Lipinski definition) is 0. The Labute approximate surface area is 212 Å². The minimum atomic E-state index is -6.08. The largest absolute Gasteiger partial charge is 1.00 e. The van der Waals surface area contributed by atoms with Crippen LogP contribution in [-0.4, -0.2) is 0 Å². The van der Waals surface area contributed by atoms with Gasteiger partial charge in [0.1, 0.15) is 0 Å². The summed E-state index contributed by atoms with van der Waals surface area (Å²) in [5, 5.41) is 0.651. The molecule has 2 aromatic carbocycles. The van der Waals surface area contributed by atoms with Crippen LogP contribution < -0.4 is 68.9 Å². The van der Waals surface area contributed by atoms with Gasteiger partial charge in [0.15, 0.2) is 0 Å². The van der Waals surface area contributed by atoms with Crippen molar-refractivity contribution in [2.24, 2.45) is 0 Å². The van der Waals surface area contributed by atoms with Crippen molar-refractivity contribution in [3.63, 3.8) is 0 Å². The molecule has 0 unspecified atom stereocenters. The Morgan fingerprint density at radius 1 is 1.04 bits per heavy atom. The van der Waals surface area contributed by atoms with Gasteiger partial charge in [-0.1, -0.05) is 51.8 Å². The Balaban J connectivity index is 0.00000312. The second-order valence-electron chi connectivity index (χ2n) is 4.97. The first kappa shape index (κ1) is 27.6. The first-order chi connectivity index (χ1) is 11.1. The van der Waals surface area contributed by atoms with Crippen molar-refractivity contribution in [2.45, 2.75) is 17.2 Å². The average Bonchev–Trinajstić information content (AvgIpc) is 2.48. The molecule has 26 heavy (non-hydrogen) atoms. The van der Waals surface area contributed by atoms with Gasteiger partial charge in [0, 0.05) is 34.2 Å². The van der Waals surface area contributed by atoms with E-state index in [4.69, 9.17) is 11.6 Å². The van der Waals surface area contributed by atoms with E-state index < -0.39 is 18.8 Å². The summed E-state index contributed by atoms with van der Waals surface area (Å²) in [6.45, 7) is 0. The average molecular weight is 502 g/mol. The van der Waals surface area contributed by atoms with Crippen molar-refractivity contribution < 1.29 is 82.2 Å². The van der Waals surface area contributed by atoms with Crippen LogP contribution in [0.15, 0.2) is 46.9 Å². The Hall–Kier alpha value is 1.57. The predicted molar refractivity (Wildman–Crippen MR) is 92.1 cm³/mol. The molecular formula is C15H11BrClF2Na2O3PS. The number of alkyl halides is 2. The van der Waals surface area contributed by atoms with E-state index in [0.717, 1.165) is 17.2 Å². The van der Waals surface area contributed by atoms with Crippen LogP contribution >= 0.6 is 46.9 Å². The van der Waals surface area contributed by atoms with Crippen LogP contribution in [-0.2, 0) is 21.7 Å². The second-order valence-corrected chi connectivity index (χ2v) is 8.81. The van der Waals surface area contributed by atoms with Gasteiger partial charge in [-0.3, -0.25) is 0 Å². The number of hydrogen-bond acceptors (Lipinski definition) is 4. The van der Waals surface area contributed by atoms with Gasteiger partial charge in [-0.25, -0.2) is 0 Å². The molecule has 11 heteroatoms. The molecule has 0 saturated heterocycles. The first-order valence-corrected chi connectivity index (χ1v) is 10.5. The van der Waals surface area contributed by atoms with Gasteiger partial charge < -0.3 is 14.4 Å². The van der Waals surface area contributed by atoms with Crippen LogP contribution in [0.1, 0.15) is 16.7 Å². The normalized spacial score (nSPS) is 11.5. The topological polar surface area (TPSA) is 63.2 Å². The maximum absolute atomic E-state index is 13.6. The molecule has 0 fully saturated rings. The van der Waals surface area contributed by atoms with E-state index in [2.05, 4.69) is 15.9 Å². The number of halogens is 4. The van der Waals surface area contributed by atoms with E-state index in [1.54, 1.807) is 23.9 Å². The van der Waals surface area contributed by atoms with E-state index in [-0.39, 0.29) is 63.6 Å². The van der Waals surface area contributed by atoms with Crippen LogP contribution in [0.5, 0.6) is 0 Å².